The van der Waals surface area contributed by atoms with E-state index in [0.717, 1.165) is 5.52 Å². The fourth-order valence-electron chi connectivity index (χ4n) is 2.70. The Bertz CT molecular complexity index is 630. The van der Waals surface area contributed by atoms with Crippen molar-refractivity contribution in [3.05, 3.63) is 36.0 Å². The second kappa shape index (κ2) is 4.80. The predicted molar refractivity (Wildman–Crippen MR) is 74.0 cm³/mol. The average molecular weight is 344 g/mol. The van der Waals surface area contributed by atoms with Gasteiger partial charge in [-0.15, -0.1) is 0 Å². The predicted octanol–water partition coefficient (Wildman–Crippen LogP) is 0.147. The molecule has 0 saturated carbocycles. The molecule has 108 valence electrons. The molecule has 1 saturated heterocycles. The quantitative estimate of drug-likeness (QED) is 0.499. The lowest BCUT2D eigenvalue weighted by Gasteiger charge is -2.31. The zero-order valence-corrected chi connectivity index (χ0v) is 11.9. The maximum Gasteiger partial charge on any atom is 0.184 e. The number of hydrogen-bond acceptors (Lipinski definition) is 5. The number of H-pyrrole nitrogens is 1. The number of nitrogens with one attached hydrogen (secondary N) is 1. The van der Waals surface area contributed by atoms with Crippen molar-refractivity contribution < 1.29 is 25.2 Å². The van der Waals surface area contributed by atoms with Crippen molar-refractivity contribution in [3.63, 3.8) is 0 Å². The van der Waals surface area contributed by atoms with Gasteiger partial charge in [-0.3, -0.25) is 0 Å². The van der Waals surface area contributed by atoms with E-state index in [1.54, 1.807) is 12.1 Å². The highest BCUT2D eigenvalue weighted by atomic mass is 79.9. The molecule has 0 bridgehead atoms. The topological polar surface area (TPSA) is 106 Å². The summed E-state index contributed by atoms with van der Waals surface area (Å²) in [5.41, 5.74) is -0.796. The van der Waals surface area contributed by atoms with Crippen molar-refractivity contribution in [1.29, 1.82) is 0 Å². The van der Waals surface area contributed by atoms with Crippen molar-refractivity contribution in [1.82, 2.24) is 4.98 Å². The van der Waals surface area contributed by atoms with Crippen LogP contribution in [0, 0.1) is 0 Å². The van der Waals surface area contributed by atoms with E-state index in [-0.39, 0.29) is 0 Å². The average Bonchev–Trinajstić information content (AvgIpc) is 2.95. The van der Waals surface area contributed by atoms with Crippen LogP contribution in [0.5, 0.6) is 0 Å². The molecule has 0 amide bonds. The van der Waals surface area contributed by atoms with Crippen LogP contribution in [0.2, 0.25) is 0 Å². The van der Waals surface area contributed by atoms with Crippen molar-refractivity contribution >= 4 is 26.8 Å². The number of aliphatic hydroxyl groups is 4. The smallest absolute Gasteiger partial charge is 0.184 e. The summed E-state index contributed by atoms with van der Waals surface area (Å²) in [4.78, 5) is 2.98. The van der Waals surface area contributed by atoms with Crippen LogP contribution in [0.1, 0.15) is 5.56 Å². The summed E-state index contributed by atoms with van der Waals surface area (Å²) in [6.07, 6.45) is -2.81. The minimum atomic E-state index is -1.93. The number of ether oxygens (including phenoxy) is 1. The molecule has 0 spiro atoms. The van der Waals surface area contributed by atoms with Gasteiger partial charge in [-0.25, -0.2) is 0 Å². The van der Waals surface area contributed by atoms with Gasteiger partial charge in [-0.2, -0.15) is 0 Å². The number of para-hydroxylation sites is 1. The number of rotatable bonds is 2. The maximum absolute atomic E-state index is 10.9. The minimum absolute atomic E-state index is 0.362. The summed E-state index contributed by atoms with van der Waals surface area (Å²) in [5, 5.41) is 39.8. The third kappa shape index (κ3) is 1.82. The summed E-state index contributed by atoms with van der Waals surface area (Å²) < 4.78 is 5.07. The first-order valence-electron chi connectivity index (χ1n) is 6.09. The van der Waals surface area contributed by atoms with Gasteiger partial charge < -0.3 is 30.1 Å². The van der Waals surface area contributed by atoms with E-state index >= 15 is 0 Å². The Morgan fingerprint density at radius 1 is 1.30 bits per heavy atom. The molecule has 3 rings (SSSR count). The lowest BCUT2D eigenvalue weighted by atomic mass is 9.85. The van der Waals surface area contributed by atoms with E-state index in [1.165, 1.54) is 6.20 Å². The Kier molecular flexibility index (Phi) is 3.36. The third-order valence-electron chi connectivity index (χ3n) is 3.71. The van der Waals surface area contributed by atoms with Gasteiger partial charge in [0, 0.05) is 22.7 Å². The zero-order valence-electron chi connectivity index (χ0n) is 10.3. The number of aromatic amines is 1. The fraction of sp³-hybridized carbons (Fsp3) is 0.385. The van der Waals surface area contributed by atoms with E-state index < -0.39 is 29.1 Å². The summed E-state index contributed by atoms with van der Waals surface area (Å²) in [7, 11) is 0. The molecule has 1 aromatic carbocycles. The third-order valence-corrected chi connectivity index (χ3v) is 4.19. The van der Waals surface area contributed by atoms with Crippen LogP contribution < -0.4 is 0 Å². The first-order valence-corrected chi connectivity index (χ1v) is 7.00. The molecule has 7 heteroatoms. The van der Waals surface area contributed by atoms with E-state index in [9.17, 15) is 20.4 Å². The summed E-state index contributed by atoms with van der Waals surface area (Å²) in [5.74, 6) is 0. The number of benzene rings is 1. The molecule has 1 unspecified atom stereocenters. The number of aliphatic hydroxyl groups excluding tert-OH is 3. The van der Waals surface area contributed by atoms with Crippen molar-refractivity contribution in [2.45, 2.75) is 29.1 Å². The Balaban J connectivity index is 2.18. The summed E-state index contributed by atoms with van der Waals surface area (Å²) >= 11 is 2.92. The van der Waals surface area contributed by atoms with Gasteiger partial charge >= 0.3 is 0 Å². The summed E-state index contributed by atoms with van der Waals surface area (Å²) in [6, 6.07) is 7.22. The lowest BCUT2D eigenvalue weighted by molar-refractivity contribution is -0.135. The van der Waals surface area contributed by atoms with Gasteiger partial charge in [0.2, 0.25) is 0 Å². The van der Waals surface area contributed by atoms with Gasteiger partial charge in [-0.05, 0) is 6.07 Å². The molecular weight excluding hydrogens is 330 g/mol. The molecule has 1 aliphatic heterocycles. The molecule has 2 aromatic rings. The Hall–Kier alpha value is -0.960. The van der Waals surface area contributed by atoms with Crippen LogP contribution >= 0.6 is 15.9 Å². The van der Waals surface area contributed by atoms with Crippen molar-refractivity contribution in [3.8, 4) is 0 Å². The fourth-order valence-corrected chi connectivity index (χ4v) is 3.23. The highest BCUT2D eigenvalue weighted by Gasteiger charge is 2.58. The molecule has 6 nitrogen and oxygen atoms in total. The molecule has 5 N–H and O–H groups in total. The van der Waals surface area contributed by atoms with Crippen molar-refractivity contribution in [2.24, 2.45) is 0 Å². The molecule has 0 aliphatic carbocycles. The van der Waals surface area contributed by atoms with Crippen LogP contribution in [-0.4, -0.2) is 48.9 Å². The largest absolute Gasteiger partial charge is 0.384 e. The van der Waals surface area contributed by atoms with Gasteiger partial charge in [0.15, 0.2) is 11.9 Å². The number of fused-ring (bicyclic) bond motifs is 1. The van der Waals surface area contributed by atoms with Gasteiger partial charge in [-0.1, -0.05) is 34.1 Å². The Labute approximate surface area is 122 Å². The standard InChI is InChI=1S/C13H14BrNO5/c14-11(17)10-13(19,9(16)12(18)20-10)7-5-15-8-4-2-1-3-6(7)8/h1-5,9-12,15-19H/t9-,10-,11?,12+,13+/m1/s1. The molecule has 1 fully saturated rings. The molecule has 0 radical (unpaired) electrons. The van der Waals surface area contributed by atoms with Gasteiger partial charge in [0.1, 0.15) is 17.2 Å². The second-order valence-corrected chi connectivity index (χ2v) is 5.78. The maximum atomic E-state index is 10.9. The first kappa shape index (κ1) is 14.0. The first-order chi connectivity index (χ1) is 9.46. The molecule has 2 heterocycles. The number of halogens is 1. The van der Waals surface area contributed by atoms with Crippen LogP contribution in [0.4, 0.5) is 0 Å². The van der Waals surface area contributed by atoms with Crippen LogP contribution in [0.15, 0.2) is 30.5 Å². The van der Waals surface area contributed by atoms with E-state index in [2.05, 4.69) is 20.9 Å². The Morgan fingerprint density at radius 3 is 2.70 bits per heavy atom. The minimum Gasteiger partial charge on any atom is -0.384 e. The molecule has 1 aliphatic rings. The second-order valence-electron chi connectivity index (χ2n) is 4.84. The van der Waals surface area contributed by atoms with Crippen LogP contribution in [0.25, 0.3) is 10.9 Å². The van der Waals surface area contributed by atoms with Crippen molar-refractivity contribution in [2.75, 3.05) is 0 Å². The number of alkyl halides is 1. The van der Waals surface area contributed by atoms with E-state index in [4.69, 9.17) is 4.74 Å². The van der Waals surface area contributed by atoms with Crippen LogP contribution in [0.3, 0.4) is 0 Å². The van der Waals surface area contributed by atoms with Gasteiger partial charge in [0.05, 0.1) is 0 Å². The van der Waals surface area contributed by atoms with E-state index in [1.807, 2.05) is 12.1 Å². The van der Waals surface area contributed by atoms with Crippen LogP contribution in [-0.2, 0) is 10.3 Å². The number of aromatic nitrogens is 1. The highest BCUT2D eigenvalue weighted by molar-refractivity contribution is 9.09. The highest BCUT2D eigenvalue weighted by Crippen LogP contribution is 2.43. The zero-order chi connectivity index (χ0) is 14.5. The molecule has 1 aromatic heterocycles. The SMILES string of the molecule is OC(Br)[C@H]1O[C@H](O)[C@@H](O)[C@@]1(O)c1c[nH]c2ccccc12. The molecule has 20 heavy (non-hydrogen) atoms. The number of hydrogen-bond donors (Lipinski definition) is 5. The van der Waals surface area contributed by atoms with Gasteiger partial charge in [0.25, 0.3) is 0 Å². The summed E-state index contributed by atoms with van der Waals surface area (Å²) in [6.45, 7) is 0. The normalized spacial score (nSPS) is 35.5. The Morgan fingerprint density at radius 2 is 2.00 bits per heavy atom. The molecule has 5 atom stereocenters. The lowest BCUT2D eigenvalue weighted by Crippen LogP contribution is -2.48. The van der Waals surface area contributed by atoms with E-state index in [0.29, 0.717) is 10.9 Å². The monoisotopic (exact) mass is 343 g/mol. The molecular formula is C13H14BrNO5.